The molecular weight excluding hydrogens is 528 g/mol. The number of hydrogen-bond acceptors (Lipinski definition) is 5. The van der Waals surface area contributed by atoms with Gasteiger partial charge in [-0.1, -0.05) is 74.0 Å². The van der Waals surface area contributed by atoms with Crippen molar-refractivity contribution in [2.24, 2.45) is 4.99 Å². The normalized spacial score (nSPS) is 13.3. The minimum absolute atomic E-state index is 0.0270. The van der Waals surface area contributed by atoms with Crippen molar-refractivity contribution in [3.8, 4) is 11.6 Å². The number of nitrogens with zero attached hydrogens (tertiary/aromatic N) is 2. The molecule has 0 spiro atoms. The number of fused-ring (bicyclic) bond motifs is 2. The number of hydrogen-bond donors (Lipinski definition) is 1. The predicted octanol–water partition coefficient (Wildman–Crippen LogP) is 8.05. The molecule has 2 aromatic heterocycles. The Morgan fingerprint density at radius 3 is 2.34 bits per heavy atom. The van der Waals surface area contributed by atoms with Crippen LogP contribution in [0.4, 0.5) is 5.00 Å². The molecule has 1 aliphatic carbocycles. The van der Waals surface area contributed by atoms with Gasteiger partial charge in [0.15, 0.2) is 5.78 Å². The van der Waals surface area contributed by atoms with Gasteiger partial charge >= 0.3 is 0 Å². The molecule has 1 aliphatic rings. The first kappa shape index (κ1) is 26.9. The van der Waals surface area contributed by atoms with Gasteiger partial charge in [0.2, 0.25) is 5.88 Å². The zero-order chi connectivity index (χ0) is 28.7. The number of pyridine rings is 1. The fraction of sp³-hybridized carbons (Fsp3) is 0.229. The standard InChI is InChI=1S/C35H32N2O3S/c1-21(2)23-16-18-25(19-17-23)37-34(39)27-9-5-4-8-26(27)29(35(37)40)20-36-33-31(28-10-6-7-11-30(28)41-33)32(38)24-14-12-22(3)13-15-24/h4-5,8-9,12-21,40H,6-7,10-11H2,1-3H3/b36-20+. The highest BCUT2D eigenvalue weighted by Gasteiger charge is 2.26. The zero-order valence-corrected chi connectivity index (χ0v) is 24.3. The maximum Gasteiger partial charge on any atom is 0.265 e. The lowest BCUT2D eigenvalue weighted by molar-refractivity contribution is 0.103. The Bertz CT molecular complexity index is 1860. The summed E-state index contributed by atoms with van der Waals surface area (Å²) >= 11 is 1.56. The second-order valence-corrected chi connectivity index (χ2v) is 12.1. The second kappa shape index (κ2) is 10.9. The van der Waals surface area contributed by atoms with Crippen molar-refractivity contribution >= 4 is 39.1 Å². The molecular formula is C35H32N2O3S. The first-order valence-electron chi connectivity index (χ1n) is 14.1. The predicted molar refractivity (Wildman–Crippen MR) is 168 cm³/mol. The summed E-state index contributed by atoms with van der Waals surface area (Å²) in [6.45, 7) is 6.23. The van der Waals surface area contributed by atoms with E-state index in [4.69, 9.17) is 4.99 Å². The van der Waals surface area contributed by atoms with Crippen LogP contribution in [0.2, 0.25) is 0 Å². The van der Waals surface area contributed by atoms with E-state index in [1.165, 1.54) is 9.44 Å². The van der Waals surface area contributed by atoms with E-state index in [0.29, 0.717) is 44.1 Å². The van der Waals surface area contributed by atoms with E-state index < -0.39 is 0 Å². The van der Waals surface area contributed by atoms with E-state index in [1.54, 1.807) is 23.6 Å². The molecule has 0 atom stereocenters. The summed E-state index contributed by atoms with van der Waals surface area (Å²) in [5.74, 6) is 0.144. The highest BCUT2D eigenvalue weighted by molar-refractivity contribution is 7.16. The van der Waals surface area contributed by atoms with Crippen LogP contribution in [-0.2, 0) is 12.8 Å². The molecule has 0 radical (unpaired) electrons. The fourth-order valence-corrected chi connectivity index (χ4v) is 6.82. The molecule has 5 aromatic rings. The zero-order valence-electron chi connectivity index (χ0n) is 23.5. The van der Waals surface area contributed by atoms with Gasteiger partial charge in [0.25, 0.3) is 5.56 Å². The van der Waals surface area contributed by atoms with Crippen LogP contribution in [0.25, 0.3) is 16.5 Å². The molecule has 0 unspecified atom stereocenters. The first-order chi connectivity index (χ1) is 19.8. The maximum atomic E-state index is 13.8. The molecule has 2 heterocycles. The molecule has 1 N–H and O–H groups in total. The van der Waals surface area contributed by atoms with Crippen molar-refractivity contribution in [3.05, 3.63) is 121 Å². The summed E-state index contributed by atoms with van der Waals surface area (Å²) in [5.41, 5.74) is 5.38. The number of rotatable bonds is 6. The van der Waals surface area contributed by atoms with Gasteiger partial charge in [-0.15, -0.1) is 11.3 Å². The van der Waals surface area contributed by atoms with Gasteiger partial charge in [0.1, 0.15) is 5.00 Å². The van der Waals surface area contributed by atoms with E-state index in [-0.39, 0.29) is 17.2 Å². The Kier molecular flexibility index (Phi) is 7.18. The third-order valence-corrected chi connectivity index (χ3v) is 9.13. The minimum atomic E-state index is -0.297. The Hall–Kier alpha value is -4.29. The van der Waals surface area contributed by atoms with E-state index in [2.05, 4.69) is 13.8 Å². The number of aromatic nitrogens is 1. The Balaban J connectivity index is 1.51. The maximum absolute atomic E-state index is 13.8. The third kappa shape index (κ3) is 4.93. The number of aryl methyl sites for hydroxylation is 2. The van der Waals surface area contributed by atoms with Crippen molar-refractivity contribution in [2.45, 2.75) is 52.4 Å². The van der Waals surface area contributed by atoms with Crippen molar-refractivity contribution in [3.63, 3.8) is 0 Å². The summed E-state index contributed by atoms with van der Waals surface area (Å²) in [6, 6.07) is 22.6. The van der Waals surface area contributed by atoms with E-state index in [0.717, 1.165) is 42.4 Å². The largest absolute Gasteiger partial charge is 0.494 e. The molecule has 3 aromatic carbocycles. The average Bonchev–Trinajstić information content (AvgIpc) is 3.36. The molecule has 206 valence electrons. The molecule has 0 saturated carbocycles. The van der Waals surface area contributed by atoms with Gasteiger partial charge in [-0.3, -0.25) is 9.59 Å². The lowest BCUT2D eigenvalue weighted by atomic mass is 9.92. The highest BCUT2D eigenvalue weighted by atomic mass is 32.1. The van der Waals surface area contributed by atoms with E-state index >= 15 is 0 Å². The van der Waals surface area contributed by atoms with Crippen LogP contribution in [0.3, 0.4) is 0 Å². The van der Waals surface area contributed by atoms with Crippen LogP contribution in [0.1, 0.15) is 75.7 Å². The molecule has 41 heavy (non-hydrogen) atoms. The van der Waals surface area contributed by atoms with Gasteiger partial charge < -0.3 is 5.11 Å². The van der Waals surface area contributed by atoms with Crippen LogP contribution in [0.5, 0.6) is 5.88 Å². The topological polar surface area (TPSA) is 71.7 Å². The third-order valence-electron chi connectivity index (χ3n) is 7.93. The first-order valence-corrected chi connectivity index (χ1v) is 14.9. The number of aromatic hydroxyl groups is 1. The van der Waals surface area contributed by atoms with Gasteiger partial charge in [0, 0.05) is 27.4 Å². The molecule has 0 bridgehead atoms. The lowest BCUT2D eigenvalue weighted by Crippen LogP contribution is -2.20. The summed E-state index contributed by atoms with van der Waals surface area (Å²) in [7, 11) is 0. The number of carbonyl (C=O) groups excluding carboxylic acids is 1. The van der Waals surface area contributed by atoms with Crippen molar-refractivity contribution in [2.75, 3.05) is 0 Å². The van der Waals surface area contributed by atoms with Crippen molar-refractivity contribution in [1.82, 2.24) is 4.57 Å². The summed E-state index contributed by atoms with van der Waals surface area (Å²) in [5, 5.41) is 13.3. The van der Waals surface area contributed by atoms with Crippen LogP contribution in [0.15, 0.2) is 82.6 Å². The summed E-state index contributed by atoms with van der Waals surface area (Å²) in [6.07, 6.45) is 5.56. The monoisotopic (exact) mass is 560 g/mol. The van der Waals surface area contributed by atoms with Gasteiger partial charge in [-0.05, 0) is 67.9 Å². The summed E-state index contributed by atoms with van der Waals surface area (Å²) < 4.78 is 1.34. The van der Waals surface area contributed by atoms with E-state index in [9.17, 15) is 14.7 Å². The van der Waals surface area contributed by atoms with Gasteiger partial charge in [-0.2, -0.15) is 0 Å². The average molecular weight is 561 g/mol. The molecule has 0 saturated heterocycles. The van der Waals surface area contributed by atoms with Crippen LogP contribution in [0, 0.1) is 6.92 Å². The van der Waals surface area contributed by atoms with Crippen molar-refractivity contribution in [1.29, 1.82) is 0 Å². The number of aliphatic imine (C=N–C) groups is 1. The minimum Gasteiger partial charge on any atom is -0.494 e. The van der Waals surface area contributed by atoms with Crippen molar-refractivity contribution < 1.29 is 9.90 Å². The Labute approximate surface area is 243 Å². The van der Waals surface area contributed by atoms with Crippen LogP contribution < -0.4 is 5.56 Å². The fourth-order valence-electron chi connectivity index (χ4n) is 5.59. The highest BCUT2D eigenvalue weighted by Crippen LogP contribution is 2.41. The van der Waals surface area contributed by atoms with Gasteiger partial charge in [-0.25, -0.2) is 9.56 Å². The molecule has 6 heteroatoms. The number of benzene rings is 3. The Morgan fingerprint density at radius 2 is 1.63 bits per heavy atom. The lowest BCUT2D eigenvalue weighted by Gasteiger charge is -2.14. The molecule has 6 rings (SSSR count). The number of thiophene rings is 1. The molecule has 0 amide bonds. The molecule has 0 fully saturated rings. The molecule has 0 aliphatic heterocycles. The van der Waals surface area contributed by atoms with E-state index in [1.807, 2.05) is 73.7 Å². The molecule has 5 nitrogen and oxygen atoms in total. The second-order valence-electron chi connectivity index (χ2n) is 11.0. The summed E-state index contributed by atoms with van der Waals surface area (Å²) in [4.78, 5) is 33.4. The Morgan fingerprint density at radius 1 is 0.951 bits per heavy atom. The smallest absolute Gasteiger partial charge is 0.265 e. The van der Waals surface area contributed by atoms with Gasteiger partial charge in [0.05, 0.1) is 16.8 Å². The quantitative estimate of drug-likeness (QED) is 0.169. The van der Waals surface area contributed by atoms with Crippen LogP contribution in [-0.4, -0.2) is 21.7 Å². The number of ketones is 1. The SMILES string of the molecule is Cc1ccc(C(=O)c2c(/N=C/c3c(O)n(-c4ccc(C(C)C)cc4)c(=O)c4ccccc34)sc3c2CCCC3)cc1. The number of carbonyl (C=O) groups is 1. The van der Waals surface area contributed by atoms with Crippen LogP contribution >= 0.6 is 11.3 Å².